The lowest BCUT2D eigenvalue weighted by Crippen LogP contribution is -2.20. The third-order valence-electron chi connectivity index (χ3n) is 3.73. The summed E-state index contributed by atoms with van der Waals surface area (Å²) in [5.41, 5.74) is 1.21. The topological polar surface area (TPSA) is 30.5 Å². The monoisotopic (exact) mass is 327 g/mol. The van der Waals surface area contributed by atoms with E-state index in [0.717, 1.165) is 35.0 Å². The zero-order valence-corrected chi connectivity index (χ0v) is 13.3. The van der Waals surface area contributed by atoms with Crippen molar-refractivity contribution in [1.82, 2.24) is 5.32 Å². The van der Waals surface area contributed by atoms with Crippen LogP contribution in [0.5, 0.6) is 11.5 Å². The second kappa shape index (κ2) is 7.15. The number of ether oxygens (including phenoxy) is 2. The fourth-order valence-corrected chi connectivity index (χ4v) is 3.36. The molecule has 4 heteroatoms. The van der Waals surface area contributed by atoms with Gasteiger partial charge in [0.2, 0.25) is 0 Å². The van der Waals surface area contributed by atoms with Crippen molar-refractivity contribution in [2.75, 3.05) is 20.8 Å². The van der Waals surface area contributed by atoms with Gasteiger partial charge in [-0.15, -0.1) is 0 Å². The molecule has 1 fully saturated rings. The van der Waals surface area contributed by atoms with Crippen LogP contribution in [0.4, 0.5) is 0 Å². The first-order valence-corrected chi connectivity index (χ1v) is 7.65. The van der Waals surface area contributed by atoms with Crippen molar-refractivity contribution in [2.45, 2.75) is 32.2 Å². The molecule has 0 aromatic heterocycles. The lowest BCUT2D eigenvalue weighted by Gasteiger charge is -2.14. The van der Waals surface area contributed by atoms with Gasteiger partial charge in [0.25, 0.3) is 0 Å². The standard InChI is InChI=1S/C15H22BrNO2/c1-18-14-8-12(7-13(16)15(14)19-2)10-17-9-11-5-3-4-6-11/h7-8,11,17H,3-6,9-10H2,1-2H3. The minimum atomic E-state index is 0.752. The van der Waals surface area contributed by atoms with Gasteiger partial charge in [0.15, 0.2) is 11.5 Å². The zero-order chi connectivity index (χ0) is 13.7. The van der Waals surface area contributed by atoms with E-state index in [4.69, 9.17) is 9.47 Å². The number of methoxy groups -OCH3 is 2. The van der Waals surface area contributed by atoms with Gasteiger partial charge in [-0.2, -0.15) is 0 Å². The molecule has 0 saturated heterocycles. The normalized spacial score (nSPS) is 15.7. The van der Waals surface area contributed by atoms with Crippen molar-refractivity contribution in [1.29, 1.82) is 0 Å². The molecule has 3 nitrogen and oxygen atoms in total. The van der Waals surface area contributed by atoms with Crippen LogP contribution < -0.4 is 14.8 Å². The van der Waals surface area contributed by atoms with Crippen molar-refractivity contribution in [3.05, 3.63) is 22.2 Å². The Hall–Kier alpha value is -0.740. The van der Waals surface area contributed by atoms with Crippen LogP contribution in [0, 0.1) is 5.92 Å². The molecule has 19 heavy (non-hydrogen) atoms. The Labute approximate surface area is 123 Å². The van der Waals surface area contributed by atoms with Crippen molar-refractivity contribution in [3.8, 4) is 11.5 Å². The molecule has 1 N–H and O–H groups in total. The van der Waals surface area contributed by atoms with Gasteiger partial charge in [0.05, 0.1) is 18.7 Å². The molecule has 2 rings (SSSR count). The number of halogens is 1. The van der Waals surface area contributed by atoms with Gasteiger partial charge in [-0.1, -0.05) is 12.8 Å². The molecule has 0 radical (unpaired) electrons. The Morgan fingerprint density at radius 2 is 1.95 bits per heavy atom. The van der Waals surface area contributed by atoms with E-state index < -0.39 is 0 Å². The molecule has 1 aliphatic rings. The summed E-state index contributed by atoms with van der Waals surface area (Å²) in [6, 6.07) is 4.12. The molecule has 1 aliphatic carbocycles. The highest BCUT2D eigenvalue weighted by Gasteiger charge is 2.15. The summed E-state index contributed by atoms with van der Waals surface area (Å²) in [6.07, 6.45) is 5.55. The molecular formula is C15H22BrNO2. The van der Waals surface area contributed by atoms with Gasteiger partial charge in [-0.25, -0.2) is 0 Å². The van der Waals surface area contributed by atoms with E-state index in [1.54, 1.807) is 14.2 Å². The molecule has 1 aromatic rings. The molecule has 0 atom stereocenters. The molecule has 0 heterocycles. The largest absolute Gasteiger partial charge is 0.493 e. The predicted molar refractivity (Wildman–Crippen MR) is 80.9 cm³/mol. The Balaban J connectivity index is 1.94. The van der Waals surface area contributed by atoms with Crippen molar-refractivity contribution < 1.29 is 9.47 Å². The third-order valence-corrected chi connectivity index (χ3v) is 4.32. The van der Waals surface area contributed by atoms with Gasteiger partial charge in [-0.05, 0) is 58.9 Å². The molecule has 0 spiro atoms. The molecule has 0 aliphatic heterocycles. The first-order chi connectivity index (χ1) is 9.24. The quantitative estimate of drug-likeness (QED) is 0.863. The summed E-state index contributed by atoms with van der Waals surface area (Å²) in [7, 11) is 3.32. The maximum atomic E-state index is 5.35. The Kier molecular flexibility index (Phi) is 5.52. The molecule has 0 unspecified atom stereocenters. The van der Waals surface area contributed by atoms with Crippen molar-refractivity contribution >= 4 is 15.9 Å². The van der Waals surface area contributed by atoms with E-state index >= 15 is 0 Å². The highest BCUT2D eigenvalue weighted by atomic mass is 79.9. The predicted octanol–water partition coefficient (Wildman–Crippen LogP) is 3.75. The average molecular weight is 328 g/mol. The van der Waals surface area contributed by atoms with Crippen LogP contribution >= 0.6 is 15.9 Å². The Morgan fingerprint density at radius 1 is 1.21 bits per heavy atom. The average Bonchev–Trinajstić information content (AvgIpc) is 2.91. The highest BCUT2D eigenvalue weighted by molar-refractivity contribution is 9.10. The zero-order valence-electron chi connectivity index (χ0n) is 11.7. The summed E-state index contributed by atoms with van der Waals surface area (Å²) in [5.74, 6) is 2.39. The van der Waals surface area contributed by atoms with Crippen LogP contribution in [-0.4, -0.2) is 20.8 Å². The van der Waals surface area contributed by atoms with E-state index in [-0.39, 0.29) is 0 Å². The van der Waals surface area contributed by atoms with Crippen LogP contribution in [0.3, 0.4) is 0 Å². The Morgan fingerprint density at radius 3 is 2.58 bits per heavy atom. The maximum Gasteiger partial charge on any atom is 0.174 e. The second-order valence-corrected chi connectivity index (χ2v) is 5.95. The minimum Gasteiger partial charge on any atom is -0.493 e. The lowest BCUT2D eigenvalue weighted by molar-refractivity contribution is 0.352. The minimum absolute atomic E-state index is 0.752. The fraction of sp³-hybridized carbons (Fsp3) is 0.600. The smallest absolute Gasteiger partial charge is 0.174 e. The van der Waals surface area contributed by atoms with Gasteiger partial charge in [0.1, 0.15) is 0 Å². The van der Waals surface area contributed by atoms with Crippen LogP contribution in [0.15, 0.2) is 16.6 Å². The van der Waals surface area contributed by atoms with Gasteiger partial charge in [0, 0.05) is 6.54 Å². The lowest BCUT2D eigenvalue weighted by atomic mass is 10.1. The van der Waals surface area contributed by atoms with Crippen LogP contribution in [-0.2, 0) is 6.54 Å². The van der Waals surface area contributed by atoms with E-state index in [1.807, 2.05) is 6.07 Å². The molecule has 106 valence electrons. The number of rotatable bonds is 6. The van der Waals surface area contributed by atoms with E-state index in [0.29, 0.717) is 0 Å². The molecule has 0 bridgehead atoms. The number of benzene rings is 1. The SMILES string of the molecule is COc1cc(CNCC2CCCC2)cc(Br)c1OC. The van der Waals surface area contributed by atoms with E-state index in [2.05, 4.69) is 27.3 Å². The molecule has 0 amide bonds. The van der Waals surface area contributed by atoms with Crippen LogP contribution in [0.25, 0.3) is 0 Å². The Bertz CT molecular complexity index is 417. The maximum absolute atomic E-state index is 5.35. The second-order valence-electron chi connectivity index (χ2n) is 5.09. The first kappa shape index (κ1) is 14.7. The van der Waals surface area contributed by atoms with Gasteiger partial charge < -0.3 is 14.8 Å². The third kappa shape index (κ3) is 3.86. The fourth-order valence-electron chi connectivity index (χ4n) is 2.71. The summed E-state index contributed by atoms with van der Waals surface area (Å²) in [6.45, 7) is 1.99. The summed E-state index contributed by atoms with van der Waals surface area (Å²) < 4.78 is 11.6. The molecule has 1 saturated carbocycles. The first-order valence-electron chi connectivity index (χ1n) is 6.85. The van der Waals surface area contributed by atoms with Crippen LogP contribution in [0.1, 0.15) is 31.2 Å². The molecular weight excluding hydrogens is 306 g/mol. The molecule has 1 aromatic carbocycles. The highest BCUT2D eigenvalue weighted by Crippen LogP contribution is 2.36. The van der Waals surface area contributed by atoms with Crippen LogP contribution in [0.2, 0.25) is 0 Å². The van der Waals surface area contributed by atoms with Crippen molar-refractivity contribution in [2.24, 2.45) is 5.92 Å². The summed E-state index contributed by atoms with van der Waals surface area (Å²) in [5, 5.41) is 3.54. The number of hydrogen-bond donors (Lipinski definition) is 1. The van der Waals surface area contributed by atoms with E-state index in [9.17, 15) is 0 Å². The van der Waals surface area contributed by atoms with Crippen molar-refractivity contribution in [3.63, 3.8) is 0 Å². The summed E-state index contributed by atoms with van der Waals surface area (Å²) >= 11 is 3.52. The van der Waals surface area contributed by atoms with Gasteiger partial charge in [-0.3, -0.25) is 0 Å². The number of nitrogens with one attached hydrogen (secondary N) is 1. The summed E-state index contributed by atoms with van der Waals surface area (Å²) in [4.78, 5) is 0. The van der Waals surface area contributed by atoms with Gasteiger partial charge >= 0.3 is 0 Å². The van der Waals surface area contributed by atoms with E-state index in [1.165, 1.54) is 31.2 Å². The number of hydrogen-bond acceptors (Lipinski definition) is 3.